The maximum absolute atomic E-state index is 12.4. The quantitative estimate of drug-likeness (QED) is 0.808. The molecule has 0 aromatic heterocycles. The molecule has 0 radical (unpaired) electrons. The minimum atomic E-state index is -4.32. The smallest absolute Gasteiger partial charge is 0.300 e. The van der Waals surface area contributed by atoms with E-state index in [0.717, 1.165) is 6.07 Å². The molecule has 0 bridgehead atoms. The highest BCUT2D eigenvalue weighted by molar-refractivity contribution is 5.85. The molecule has 2 nitrogen and oxygen atoms in total. The Bertz CT molecular complexity index is 328. The van der Waals surface area contributed by atoms with Gasteiger partial charge in [0, 0.05) is 0 Å². The summed E-state index contributed by atoms with van der Waals surface area (Å²) in [5, 5.41) is 0. The van der Waals surface area contributed by atoms with E-state index in [1.807, 2.05) is 0 Å². The second kappa shape index (κ2) is 5.34. The van der Waals surface area contributed by atoms with Gasteiger partial charge in [-0.05, 0) is 24.1 Å². The largest absolute Gasteiger partial charge is 0.416 e. The number of hydrogen-bond donors (Lipinski definition) is 1. The maximum atomic E-state index is 12.4. The zero-order chi connectivity index (χ0) is 10.8. The molecule has 0 spiro atoms. The van der Waals surface area contributed by atoms with Crippen molar-refractivity contribution in [2.75, 3.05) is 0 Å². The second-order valence-corrected chi connectivity index (χ2v) is 2.96. The van der Waals surface area contributed by atoms with Crippen molar-refractivity contribution in [3.8, 4) is 0 Å². The van der Waals surface area contributed by atoms with E-state index in [-0.39, 0.29) is 24.6 Å². The Labute approximate surface area is 91.6 Å². The third-order valence-corrected chi connectivity index (χ3v) is 1.86. The third-order valence-electron chi connectivity index (χ3n) is 1.86. The number of hydrogen-bond acceptors (Lipinski definition) is 2. The molecule has 2 N–H and O–H groups in total. The van der Waals surface area contributed by atoms with Crippen molar-refractivity contribution < 1.29 is 18.0 Å². The number of rotatable bonds is 2. The van der Waals surface area contributed by atoms with Crippen LogP contribution in [0.25, 0.3) is 0 Å². The van der Waals surface area contributed by atoms with Gasteiger partial charge >= 0.3 is 6.18 Å². The molecule has 0 aliphatic carbocycles. The van der Waals surface area contributed by atoms with E-state index >= 15 is 0 Å². The number of aryl methyl sites for hydroxylation is 1. The summed E-state index contributed by atoms with van der Waals surface area (Å²) in [5.41, 5.74) is -0.0456. The Balaban J connectivity index is 0.00000196. The molecule has 0 saturated heterocycles. The summed E-state index contributed by atoms with van der Waals surface area (Å²) >= 11 is 0. The molecule has 0 fully saturated rings. The molecule has 6 heteroatoms. The third kappa shape index (κ3) is 3.70. The number of halogens is 4. The van der Waals surface area contributed by atoms with Crippen LogP contribution in [0.2, 0.25) is 0 Å². The molecule has 0 unspecified atom stereocenters. The van der Waals surface area contributed by atoms with Crippen molar-refractivity contribution in [1.82, 2.24) is 0 Å². The molecule has 1 aromatic rings. The van der Waals surface area contributed by atoms with E-state index in [9.17, 15) is 13.2 Å². The van der Waals surface area contributed by atoms with Gasteiger partial charge in [0.1, 0.15) is 0 Å². The molecule has 1 aromatic carbocycles. The Morgan fingerprint density at radius 3 is 2.40 bits per heavy atom. The summed E-state index contributed by atoms with van der Waals surface area (Å²) in [5.74, 6) is 4.78. The van der Waals surface area contributed by atoms with Crippen molar-refractivity contribution in [2.24, 2.45) is 5.90 Å². The summed E-state index contributed by atoms with van der Waals surface area (Å²) in [6.07, 6.45) is -4.32. The standard InChI is InChI=1S/C9H10F3NO.ClH/c1-6-2-3-7(5-14-13)4-8(6)9(10,11)12;/h2-4H,5,13H2,1H3;1H. The van der Waals surface area contributed by atoms with Gasteiger partial charge in [-0.3, -0.25) is 4.84 Å². The van der Waals surface area contributed by atoms with Crippen molar-refractivity contribution in [2.45, 2.75) is 19.7 Å². The predicted octanol–water partition coefficient (Wildman–Crippen LogP) is 2.83. The summed E-state index contributed by atoms with van der Waals surface area (Å²) in [4.78, 5) is 4.27. The highest BCUT2D eigenvalue weighted by Crippen LogP contribution is 2.32. The summed E-state index contributed by atoms with van der Waals surface area (Å²) < 4.78 is 37.2. The topological polar surface area (TPSA) is 35.2 Å². The molecular formula is C9H11ClF3NO. The molecule has 0 aliphatic rings. The van der Waals surface area contributed by atoms with Crippen molar-refractivity contribution in [3.05, 3.63) is 34.9 Å². The lowest BCUT2D eigenvalue weighted by atomic mass is 10.1. The van der Waals surface area contributed by atoms with Gasteiger partial charge in [-0.1, -0.05) is 12.1 Å². The average Bonchev–Trinajstić information content (AvgIpc) is 2.07. The van der Waals surface area contributed by atoms with E-state index in [2.05, 4.69) is 4.84 Å². The van der Waals surface area contributed by atoms with Crippen molar-refractivity contribution >= 4 is 12.4 Å². The van der Waals surface area contributed by atoms with E-state index in [1.54, 1.807) is 6.07 Å². The molecule has 0 aliphatic heterocycles. The van der Waals surface area contributed by atoms with Gasteiger partial charge in [-0.2, -0.15) is 13.2 Å². The van der Waals surface area contributed by atoms with Gasteiger partial charge in [0.05, 0.1) is 12.2 Å². The van der Waals surface area contributed by atoms with E-state index < -0.39 is 11.7 Å². The normalized spacial score (nSPS) is 11.0. The SMILES string of the molecule is Cc1ccc(CON)cc1C(F)(F)F.Cl. The Morgan fingerprint density at radius 1 is 1.33 bits per heavy atom. The van der Waals surface area contributed by atoms with Crippen LogP contribution in [-0.2, 0) is 17.6 Å². The average molecular weight is 242 g/mol. The summed E-state index contributed by atoms with van der Waals surface area (Å²) in [6, 6.07) is 4.00. The van der Waals surface area contributed by atoms with E-state index in [0.29, 0.717) is 5.56 Å². The molecule has 86 valence electrons. The van der Waals surface area contributed by atoms with Crippen LogP contribution < -0.4 is 5.90 Å². The maximum Gasteiger partial charge on any atom is 0.416 e. The Hall–Kier alpha value is -0.780. The molecular weight excluding hydrogens is 231 g/mol. The van der Waals surface area contributed by atoms with Gasteiger partial charge in [-0.25, -0.2) is 5.90 Å². The fraction of sp³-hybridized carbons (Fsp3) is 0.333. The highest BCUT2D eigenvalue weighted by atomic mass is 35.5. The lowest BCUT2D eigenvalue weighted by Gasteiger charge is -2.11. The van der Waals surface area contributed by atoms with Crippen LogP contribution >= 0.6 is 12.4 Å². The molecule has 0 atom stereocenters. The molecule has 0 amide bonds. The zero-order valence-corrected chi connectivity index (χ0v) is 8.78. The van der Waals surface area contributed by atoms with Gasteiger partial charge in [-0.15, -0.1) is 12.4 Å². The molecule has 15 heavy (non-hydrogen) atoms. The van der Waals surface area contributed by atoms with Gasteiger partial charge < -0.3 is 0 Å². The summed E-state index contributed by atoms with van der Waals surface area (Å²) in [7, 11) is 0. The van der Waals surface area contributed by atoms with Crippen LogP contribution in [0.1, 0.15) is 16.7 Å². The Kier molecular flexibility index (Phi) is 5.07. The first kappa shape index (κ1) is 14.2. The Morgan fingerprint density at radius 2 is 1.93 bits per heavy atom. The minimum absolute atomic E-state index is 0. The first-order chi connectivity index (χ1) is 6.45. The van der Waals surface area contributed by atoms with Gasteiger partial charge in [0.15, 0.2) is 0 Å². The number of alkyl halides is 3. The van der Waals surface area contributed by atoms with Crippen LogP contribution in [0.4, 0.5) is 13.2 Å². The van der Waals surface area contributed by atoms with E-state index in [1.165, 1.54) is 13.0 Å². The fourth-order valence-corrected chi connectivity index (χ4v) is 1.16. The van der Waals surface area contributed by atoms with Crippen LogP contribution in [0.3, 0.4) is 0 Å². The number of nitrogens with two attached hydrogens (primary N) is 1. The summed E-state index contributed by atoms with van der Waals surface area (Å²) in [6.45, 7) is 1.39. The fourth-order valence-electron chi connectivity index (χ4n) is 1.16. The van der Waals surface area contributed by atoms with Crippen LogP contribution in [0.15, 0.2) is 18.2 Å². The molecule has 0 heterocycles. The van der Waals surface area contributed by atoms with E-state index in [4.69, 9.17) is 5.90 Å². The zero-order valence-electron chi connectivity index (χ0n) is 7.97. The molecule has 1 rings (SSSR count). The predicted molar refractivity (Wildman–Crippen MR) is 52.4 cm³/mol. The lowest BCUT2D eigenvalue weighted by Crippen LogP contribution is -2.09. The first-order valence-electron chi connectivity index (χ1n) is 3.93. The number of benzene rings is 1. The van der Waals surface area contributed by atoms with Gasteiger partial charge in [0.25, 0.3) is 0 Å². The van der Waals surface area contributed by atoms with Crippen LogP contribution in [0.5, 0.6) is 0 Å². The monoisotopic (exact) mass is 241 g/mol. The van der Waals surface area contributed by atoms with Crippen molar-refractivity contribution in [1.29, 1.82) is 0 Å². The minimum Gasteiger partial charge on any atom is -0.300 e. The van der Waals surface area contributed by atoms with Crippen molar-refractivity contribution in [3.63, 3.8) is 0 Å². The molecule has 0 saturated carbocycles. The highest BCUT2D eigenvalue weighted by Gasteiger charge is 2.32. The lowest BCUT2D eigenvalue weighted by molar-refractivity contribution is -0.138. The second-order valence-electron chi connectivity index (χ2n) is 2.96. The van der Waals surface area contributed by atoms with Crippen LogP contribution in [-0.4, -0.2) is 0 Å². The first-order valence-corrected chi connectivity index (χ1v) is 3.93. The van der Waals surface area contributed by atoms with Gasteiger partial charge in [0.2, 0.25) is 0 Å². The van der Waals surface area contributed by atoms with Crippen LogP contribution in [0, 0.1) is 6.92 Å².